The first-order valence-electron chi connectivity index (χ1n) is 4.68. The Hall–Kier alpha value is -1.59. The van der Waals surface area contributed by atoms with Gasteiger partial charge in [0.1, 0.15) is 16.8 Å². The number of rotatable bonds is 3. The number of hydrogen-bond donors (Lipinski definition) is 2. The average molecular weight is 240 g/mol. The van der Waals surface area contributed by atoms with Crippen molar-refractivity contribution in [2.45, 2.75) is 12.5 Å². The van der Waals surface area contributed by atoms with E-state index in [0.717, 1.165) is 5.56 Å². The van der Waals surface area contributed by atoms with Crippen LogP contribution in [0.5, 0.6) is 0 Å². The molecule has 2 heterocycles. The highest BCUT2D eigenvalue weighted by molar-refractivity contribution is 6.29. The summed E-state index contributed by atoms with van der Waals surface area (Å²) in [7, 11) is 0. The van der Waals surface area contributed by atoms with Crippen LogP contribution in [0.3, 0.4) is 0 Å². The highest BCUT2D eigenvalue weighted by Crippen LogP contribution is 2.14. The van der Waals surface area contributed by atoms with Gasteiger partial charge in [0.15, 0.2) is 0 Å². The summed E-state index contributed by atoms with van der Waals surface area (Å²) in [6, 6.07) is 2.66. The maximum Gasteiger partial charge on any atom is 0.320 e. The van der Waals surface area contributed by atoms with Gasteiger partial charge in [-0.25, -0.2) is 4.98 Å². The molecule has 2 rings (SSSR count). The highest BCUT2D eigenvalue weighted by Gasteiger charge is 2.12. The van der Waals surface area contributed by atoms with Gasteiger partial charge in [-0.2, -0.15) is 0 Å². The summed E-state index contributed by atoms with van der Waals surface area (Å²) in [5.74, 6) is -1.01. The van der Waals surface area contributed by atoms with Crippen molar-refractivity contribution in [2.24, 2.45) is 5.73 Å². The second kappa shape index (κ2) is 4.11. The Morgan fingerprint density at radius 2 is 2.44 bits per heavy atom. The summed E-state index contributed by atoms with van der Waals surface area (Å²) in [4.78, 5) is 14.7. The molecule has 2 aromatic rings. The molecule has 0 aliphatic rings. The van der Waals surface area contributed by atoms with Crippen molar-refractivity contribution in [1.82, 2.24) is 9.38 Å². The minimum absolute atomic E-state index is 0.274. The molecule has 0 spiro atoms. The van der Waals surface area contributed by atoms with Crippen molar-refractivity contribution in [2.75, 3.05) is 0 Å². The van der Waals surface area contributed by atoms with Crippen molar-refractivity contribution in [3.63, 3.8) is 0 Å². The molecule has 2 aromatic heterocycles. The summed E-state index contributed by atoms with van der Waals surface area (Å²) in [5.41, 5.74) is 6.95. The zero-order valence-corrected chi connectivity index (χ0v) is 9.05. The van der Waals surface area contributed by atoms with Crippen molar-refractivity contribution >= 4 is 23.2 Å². The van der Waals surface area contributed by atoms with Crippen LogP contribution in [0.2, 0.25) is 5.15 Å². The minimum atomic E-state index is -1.01. The van der Waals surface area contributed by atoms with Crippen molar-refractivity contribution in [3.8, 4) is 0 Å². The molecule has 0 aliphatic carbocycles. The van der Waals surface area contributed by atoms with Crippen LogP contribution in [0.1, 0.15) is 5.56 Å². The lowest BCUT2D eigenvalue weighted by molar-refractivity contribution is -0.138. The van der Waals surface area contributed by atoms with E-state index in [0.29, 0.717) is 10.8 Å². The molecule has 5 nitrogen and oxygen atoms in total. The number of carbonyl (C=O) groups is 1. The number of carboxylic acid groups (broad SMARTS) is 1. The van der Waals surface area contributed by atoms with Crippen LogP contribution in [0.4, 0.5) is 0 Å². The molecule has 0 saturated carbocycles. The molecule has 0 fully saturated rings. The number of aromatic nitrogens is 2. The monoisotopic (exact) mass is 239 g/mol. The summed E-state index contributed by atoms with van der Waals surface area (Å²) in [6.45, 7) is 0. The molecule has 0 aliphatic heterocycles. The van der Waals surface area contributed by atoms with Gasteiger partial charge in [-0.1, -0.05) is 11.6 Å². The van der Waals surface area contributed by atoms with Crippen molar-refractivity contribution in [1.29, 1.82) is 0 Å². The molecule has 1 unspecified atom stereocenters. The van der Waals surface area contributed by atoms with Gasteiger partial charge < -0.3 is 10.8 Å². The Kier molecular flexibility index (Phi) is 2.80. The van der Waals surface area contributed by atoms with E-state index in [1.807, 2.05) is 0 Å². The lowest BCUT2D eigenvalue weighted by Gasteiger charge is -2.06. The summed E-state index contributed by atoms with van der Waals surface area (Å²) in [6.07, 6.45) is 3.56. The van der Waals surface area contributed by atoms with E-state index in [1.165, 1.54) is 6.20 Å². The summed E-state index contributed by atoms with van der Waals surface area (Å²) < 4.78 is 1.71. The number of fused-ring (bicyclic) bond motifs is 1. The lowest BCUT2D eigenvalue weighted by Crippen LogP contribution is -2.32. The first-order valence-corrected chi connectivity index (χ1v) is 5.05. The first-order chi connectivity index (χ1) is 7.58. The Balaban J connectivity index is 2.29. The number of nitrogens with zero attached hydrogens (tertiary/aromatic N) is 2. The van der Waals surface area contributed by atoms with Crippen LogP contribution in [0, 0.1) is 0 Å². The molecule has 3 N–H and O–H groups in total. The SMILES string of the molecule is NC(Cc1ccn2c(Cl)cnc2c1)C(=O)O. The van der Waals surface area contributed by atoms with Crippen LogP contribution in [-0.4, -0.2) is 26.5 Å². The van der Waals surface area contributed by atoms with Crippen molar-refractivity contribution in [3.05, 3.63) is 35.2 Å². The second-order valence-electron chi connectivity index (χ2n) is 3.49. The Labute approximate surface area is 96.5 Å². The number of pyridine rings is 1. The quantitative estimate of drug-likeness (QED) is 0.835. The van der Waals surface area contributed by atoms with E-state index in [1.54, 1.807) is 22.7 Å². The van der Waals surface area contributed by atoms with Gasteiger partial charge >= 0.3 is 5.97 Å². The number of carboxylic acids is 1. The zero-order valence-electron chi connectivity index (χ0n) is 8.30. The number of imidazole rings is 1. The number of halogens is 1. The van der Waals surface area contributed by atoms with E-state index in [4.69, 9.17) is 22.4 Å². The van der Waals surface area contributed by atoms with Gasteiger partial charge in [-0.15, -0.1) is 0 Å². The number of hydrogen-bond acceptors (Lipinski definition) is 3. The van der Waals surface area contributed by atoms with Crippen LogP contribution in [-0.2, 0) is 11.2 Å². The van der Waals surface area contributed by atoms with Crippen LogP contribution in [0.15, 0.2) is 24.5 Å². The molecule has 6 heteroatoms. The van der Waals surface area contributed by atoms with Crippen LogP contribution >= 0.6 is 11.6 Å². The van der Waals surface area contributed by atoms with Crippen molar-refractivity contribution < 1.29 is 9.90 Å². The molecule has 1 atom stereocenters. The van der Waals surface area contributed by atoms with Gasteiger partial charge in [0, 0.05) is 6.20 Å². The fraction of sp³-hybridized carbons (Fsp3) is 0.200. The van der Waals surface area contributed by atoms with E-state index in [-0.39, 0.29) is 6.42 Å². The third-order valence-corrected chi connectivity index (χ3v) is 2.58. The van der Waals surface area contributed by atoms with Crippen LogP contribution in [0.25, 0.3) is 5.65 Å². The lowest BCUT2D eigenvalue weighted by atomic mass is 10.1. The fourth-order valence-electron chi connectivity index (χ4n) is 1.46. The fourth-order valence-corrected chi connectivity index (χ4v) is 1.65. The van der Waals surface area contributed by atoms with Gasteiger partial charge in [0.25, 0.3) is 0 Å². The largest absolute Gasteiger partial charge is 0.480 e. The number of nitrogens with two attached hydrogens (primary N) is 1. The van der Waals surface area contributed by atoms with Gasteiger partial charge in [-0.3, -0.25) is 9.20 Å². The zero-order chi connectivity index (χ0) is 11.7. The summed E-state index contributed by atoms with van der Waals surface area (Å²) in [5, 5.41) is 9.21. The number of aliphatic carboxylic acids is 1. The summed E-state index contributed by atoms with van der Waals surface area (Å²) >= 11 is 5.86. The molecule has 0 bridgehead atoms. The maximum atomic E-state index is 10.6. The normalized spacial score (nSPS) is 12.9. The van der Waals surface area contributed by atoms with E-state index in [9.17, 15) is 4.79 Å². The Bertz CT molecular complexity index is 538. The van der Waals surface area contributed by atoms with E-state index < -0.39 is 12.0 Å². The van der Waals surface area contributed by atoms with E-state index >= 15 is 0 Å². The molecule has 16 heavy (non-hydrogen) atoms. The second-order valence-corrected chi connectivity index (χ2v) is 3.88. The van der Waals surface area contributed by atoms with E-state index in [2.05, 4.69) is 4.98 Å². The van der Waals surface area contributed by atoms with Crippen LogP contribution < -0.4 is 5.73 Å². The molecule has 0 radical (unpaired) electrons. The standard InChI is InChI=1S/C10H10ClN3O2/c11-8-5-13-9-4-6(1-2-14(8)9)3-7(12)10(15)16/h1-2,4-5,7H,3,12H2,(H,15,16). The minimum Gasteiger partial charge on any atom is -0.480 e. The van der Waals surface area contributed by atoms with Gasteiger partial charge in [0.05, 0.1) is 6.20 Å². The molecular weight excluding hydrogens is 230 g/mol. The smallest absolute Gasteiger partial charge is 0.320 e. The molecule has 0 amide bonds. The molecule has 0 aromatic carbocycles. The average Bonchev–Trinajstić information content (AvgIpc) is 2.60. The Morgan fingerprint density at radius 1 is 1.69 bits per heavy atom. The Morgan fingerprint density at radius 3 is 3.12 bits per heavy atom. The molecule has 84 valence electrons. The molecular formula is C10H10ClN3O2. The maximum absolute atomic E-state index is 10.6. The third kappa shape index (κ3) is 2.00. The highest BCUT2D eigenvalue weighted by atomic mass is 35.5. The molecule has 0 saturated heterocycles. The predicted octanol–water partition coefficient (Wildman–Crippen LogP) is 0.942. The first kappa shape index (κ1) is 10.9. The topological polar surface area (TPSA) is 80.6 Å². The van der Waals surface area contributed by atoms with Gasteiger partial charge in [-0.05, 0) is 24.1 Å². The predicted molar refractivity (Wildman–Crippen MR) is 59.5 cm³/mol. The third-order valence-electron chi connectivity index (χ3n) is 2.31. The van der Waals surface area contributed by atoms with Gasteiger partial charge in [0.2, 0.25) is 0 Å².